The lowest BCUT2D eigenvalue weighted by Gasteiger charge is -2.24. The number of likely N-dealkylation sites (tertiary alicyclic amines) is 1. The van der Waals surface area contributed by atoms with E-state index in [1.807, 2.05) is 6.92 Å². The van der Waals surface area contributed by atoms with Crippen LogP contribution >= 0.6 is 0 Å². The number of carbonyl (C=O) groups is 3. The summed E-state index contributed by atoms with van der Waals surface area (Å²) in [6.45, 7) is 2.06. The Morgan fingerprint density at radius 1 is 1.35 bits per heavy atom. The zero-order chi connectivity index (χ0) is 14.7. The summed E-state index contributed by atoms with van der Waals surface area (Å²) in [5.41, 5.74) is 0. The fraction of sp³-hybridized carbons (Fsp3) is 0.786. The van der Waals surface area contributed by atoms with Gasteiger partial charge in [-0.25, -0.2) is 0 Å². The average Bonchev–Trinajstić information content (AvgIpc) is 3.22. The van der Waals surface area contributed by atoms with E-state index in [1.54, 1.807) is 0 Å². The number of rotatable bonds is 5. The van der Waals surface area contributed by atoms with Crippen LogP contribution in [-0.4, -0.2) is 46.9 Å². The van der Waals surface area contributed by atoms with Gasteiger partial charge in [-0.15, -0.1) is 0 Å². The predicted octanol–water partition coefficient (Wildman–Crippen LogP) is 0.614. The number of hydrogen-bond donors (Lipinski definition) is 2. The van der Waals surface area contributed by atoms with Crippen molar-refractivity contribution in [1.82, 2.24) is 10.2 Å². The molecule has 1 saturated carbocycles. The SMILES string of the molecule is CC(C(=O)NC1CCCCN(CC(=O)O)C1=O)C1CC1. The number of nitrogens with zero attached hydrogens (tertiary/aromatic N) is 1. The van der Waals surface area contributed by atoms with Crippen LogP contribution in [0.15, 0.2) is 0 Å². The first-order valence-electron chi connectivity index (χ1n) is 7.30. The average molecular weight is 282 g/mol. The van der Waals surface area contributed by atoms with Gasteiger partial charge in [-0.05, 0) is 38.0 Å². The largest absolute Gasteiger partial charge is 0.480 e. The standard InChI is InChI=1S/C14H22N2O4/c1-9(10-5-6-10)13(19)15-11-4-2-3-7-16(14(11)20)8-12(17)18/h9-11H,2-8H2,1H3,(H,15,19)(H,17,18). The van der Waals surface area contributed by atoms with Crippen LogP contribution in [-0.2, 0) is 14.4 Å². The molecule has 20 heavy (non-hydrogen) atoms. The van der Waals surface area contributed by atoms with Crippen molar-refractivity contribution in [2.24, 2.45) is 11.8 Å². The topological polar surface area (TPSA) is 86.7 Å². The molecule has 1 saturated heterocycles. The molecule has 0 aromatic rings. The van der Waals surface area contributed by atoms with Gasteiger partial charge in [-0.1, -0.05) is 6.92 Å². The Labute approximate surface area is 118 Å². The smallest absolute Gasteiger partial charge is 0.323 e. The molecular formula is C14H22N2O4. The number of hydrogen-bond acceptors (Lipinski definition) is 3. The van der Waals surface area contributed by atoms with Gasteiger partial charge in [0.15, 0.2) is 0 Å². The van der Waals surface area contributed by atoms with E-state index in [0.717, 1.165) is 25.7 Å². The van der Waals surface area contributed by atoms with E-state index in [2.05, 4.69) is 5.32 Å². The Bertz CT molecular complexity index is 406. The molecule has 0 bridgehead atoms. The van der Waals surface area contributed by atoms with Crippen LogP contribution in [0.2, 0.25) is 0 Å². The molecule has 0 aromatic carbocycles. The number of nitrogens with one attached hydrogen (secondary N) is 1. The van der Waals surface area contributed by atoms with Crippen molar-refractivity contribution in [3.8, 4) is 0 Å². The molecule has 112 valence electrons. The molecule has 0 aromatic heterocycles. The van der Waals surface area contributed by atoms with E-state index in [0.29, 0.717) is 18.9 Å². The molecule has 1 aliphatic carbocycles. The molecule has 2 amide bonds. The van der Waals surface area contributed by atoms with Gasteiger partial charge in [-0.2, -0.15) is 0 Å². The second kappa shape index (κ2) is 6.24. The predicted molar refractivity (Wildman–Crippen MR) is 71.9 cm³/mol. The van der Waals surface area contributed by atoms with Gasteiger partial charge in [0.2, 0.25) is 11.8 Å². The fourth-order valence-corrected chi connectivity index (χ4v) is 2.67. The third-order valence-electron chi connectivity index (χ3n) is 4.17. The quantitative estimate of drug-likeness (QED) is 0.773. The van der Waals surface area contributed by atoms with Gasteiger partial charge in [0.25, 0.3) is 0 Å². The number of carbonyl (C=O) groups excluding carboxylic acids is 2. The summed E-state index contributed by atoms with van der Waals surface area (Å²) in [5, 5.41) is 11.6. The van der Waals surface area contributed by atoms with Crippen LogP contribution in [0.25, 0.3) is 0 Å². The molecule has 1 aliphatic heterocycles. The lowest BCUT2D eigenvalue weighted by molar-refractivity contribution is -0.145. The van der Waals surface area contributed by atoms with Gasteiger partial charge in [0.05, 0.1) is 0 Å². The second-order valence-electron chi connectivity index (χ2n) is 5.84. The summed E-state index contributed by atoms with van der Waals surface area (Å²) < 4.78 is 0. The van der Waals surface area contributed by atoms with Gasteiger partial charge >= 0.3 is 5.97 Å². The van der Waals surface area contributed by atoms with Gasteiger partial charge in [-0.3, -0.25) is 14.4 Å². The summed E-state index contributed by atoms with van der Waals surface area (Å²) in [4.78, 5) is 36.5. The Kier molecular flexibility index (Phi) is 4.62. The molecule has 0 radical (unpaired) electrons. The van der Waals surface area contributed by atoms with Crippen molar-refractivity contribution >= 4 is 17.8 Å². The number of carboxylic acid groups (broad SMARTS) is 1. The maximum absolute atomic E-state index is 12.3. The normalized spacial score (nSPS) is 24.9. The Morgan fingerprint density at radius 3 is 2.65 bits per heavy atom. The molecular weight excluding hydrogens is 260 g/mol. The van der Waals surface area contributed by atoms with E-state index in [1.165, 1.54) is 4.90 Å². The zero-order valence-electron chi connectivity index (χ0n) is 11.8. The minimum atomic E-state index is -1.02. The molecule has 6 nitrogen and oxygen atoms in total. The summed E-state index contributed by atoms with van der Waals surface area (Å²) in [5.74, 6) is -0.967. The van der Waals surface area contributed by atoms with Crippen molar-refractivity contribution in [2.75, 3.05) is 13.1 Å². The van der Waals surface area contributed by atoms with Gasteiger partial charge < -0.3 is 15.3 Å². The third kappa shape index (κ3) is 3.71. The van der Waals surface area contributed by atoms with Crippen LogP contribution in [0.4, 0.5) is 0 Å². The molecule has 2 N–H and O–H groups in total. The van der Waals surface area contributed by atoms with Crippen LogP contribution in [0.3, 0.4) is 0 Å². The summed E-state index contributed by atoms with van der Waals surface area (Å²) in [7, 11) is 0. The van der Waals surface area contributed by atoms with E-state index in [9.17, 15) is 14.4 Å². The highest BCUT2D eigenvalue weighted by molar-refractivity contribution is 5.90. The van der Waals surface area contributed by atoms with Crippen LogP contribution in [0.5, 0.6) is 0 Å². The number of carboxylic acids is 1. The molecule has 0 spiro atoms. The summed E-state index contributed by atoms with van der Waals surface area (Å²) in [6, 6.07) is -0.564. The molecule has 2 aliphatic rings. The monoisotopic (exact) mass is 282 g/mol. The van der Waals surface area contributed by atoms with E-state index in [-0.39, 0.29) is 24.3 Å². The van der Waals surface area contributed by atoms with Crippen LogP contribution < -0.4 is 5.32 Å². The van der Waals surface area contributed by atoms with Gasteiger partial charge in [0, 0.05) is 12.5 Å². The Balaban J connectivity index is 1.95. The highest BCUT2D eigenvalue weighted by Gasteiger charge is 2.35. The maximum Gasteiger partial charge on any atom is 0.323 e. The number of amides is 2. The van der Waals surface area contributed by atoms with Crippen molar-refractivity contribution in [1.29, 1.82) is 0 Å². The second-order valence-corrected chi connectivity index (χ2v) is 5.84. The number of aliphatic carboxylic acids is 1. The molecule has 2 atom stereocenters. The molecule has 2 fully saturated rings. The van der Waals surface area contributed by atoms with Gasteiger partial charge in [0.1, 0.15) is 12.6 Å². The maximum atomic E-state index is 12.3. The first kappa shape index (κ1) is 14.8. The Hall–Kier alpha value is -1.59. The highest BCUT2D eigenvalue weighted by Crippen LogP contribution is 2.36. The summed E-state index contributed by atoms with van der Waals surface area (Å²) in [6.07, 6.45) is 4.36. The molecule has 2 rings (SSSR count). The first-order valence-corrected chi connectivity index (χ1v) is 7.30. The van der Waals surface area contributed by atoms with E-state index < -0.39 is 12.0 Å². The van der Waals surface area contributed by atoms with Crippen molar-refractivity contribution < 1.29 is 19.5 Å². The van der Waals surface area contributed by atoms with Crippen molar-refractivity contribution in [3.05, 3.63) is 0 Å². The zero-order valence-corrected chi connectivity index (χ0v) is 11.8. The minimum Gasteiger partial charge on any atom is -0.480 e. The molecule has 1 heterocycles. The molecule has 2 unspecified atom stereocenters. The summed E-state index contributed by atoms with van der Waals surface area (Å²) >= 11 is 0. The highest BCUT2D eigenvalue weighted by atomic mass is 16.4. The van der Waals surface area contributed by atoms with Crippen molar-refractivity contribution in [3.63, 3.8) is 0 Å². The minimum absolute atomic E-state index is 0.0565. The van der Waals surface area contributed by atoms with Crippen LogP contribution in [0, 0.1) is 11.8 Å². The third-order valence-corrected chi connectivity index (χ3v) is 4.17. The molecule has 6 heteroatoms. The van der Waals surface area contributed by atoms with Crippen LogP contribution in [0.1, 0.15) is 39.0 Å². The van der Waals surface area contributed by atoms with E-state index >= 15 is 0 Å². The van der Waals surface area contributed by atoms with E-state index in [4.69, 9.17) is 5.11 Å². The Morgan fingerprint density at radius 2 is 2.05 bits per heavy atom. The fourth-order valence-electron chi connectivity index (χ4n) is 2.67. The lowest BCUT2D eigenvalue weighted by Crippen LogP contribution is -2.50. The van der Waals surface area contributed by atoms with Crippen molar-refractivity contribution in [2.45, 2.75) is 45.1 Å². The lowest BCUT2D eigenvalue weighted by atomic mass is 10.0. The first-order chi connectivity index (χ1) is 9.49.